The van der Waals surface area contributed by atoms with E-state index in [1.54, 1.807) is 0 Å². The van der Waals surface area contributed by atoms with Gasteiger partial charge >= 0.3 is 11.9 Å². The first-order chi connectivity index (χ1) is 37.6. The number of likely N-dealkylation sites (N-methyl/N-ethyl adjacent to an activating group) is 1. The average Bonchev–Trinajstić information content (AvgIpc) is 3.40. The van der Waals surface area contributed by atoms with Crippen LogP contribution in [0.3, 0.4) is 0 Å². The Morgan fingerprint density at radius 2 is 0.740 bits per heavy atom. The van der Waals surface area contributed by atoms with Crippen molar-refractivity contribution in [2.75, 3.05) is 47.5 Å². The van der Waals surface area contributed by atoms with E-state index < -0.39 is 24.3 Å². The minimum absolute atomic E-state index is 0.142. The number of rotatable bonds is 57. The highest BCUT2D eigenvalue weighted by Crippen LogP contribution is 2.16. The molecule has 9 heteroatoms. The number of carboxylic acids is 1. The van der Waals surface area contributed by atoms with E-state index in [1.807, 2.05) is 21.1 Å². The second kappa shape index (κ2) is 58.4. The maximum Gasteiger partial charge on any atom is 0.306 e. The Labute approximate surface area is 473 Å². The Morgan fingerprint density at radius 1 is 0.403 bits per heavy atom. The Bertz CT molecular complexity index is 1580. The lowest BCUT2D eigenvalue weighted by atomic mass is 10.0. The first-order valence-corrected chi connectivity index (χ1v) is 31.4. The molecule has 2 atom stereocenters. The number of unbranched alkanes of at least 4 members (excludes halogenated alkanes) is 26. The minimum atomic E-state index is -1.63. The summed E-state index contributed by atoms with van der Waals surface area (Å²) in [5, 5.41) is 11.8. The molecule has 0 spiro atoms. The molecule has 0 amide bonds. The molecule has 0 aliphatic heterocycles. The second-order valence-electron chi connectivity index (χ2n) is 22.0. The average molecular weight is 1080 g/mol. The molecule has 0 saturated heterocycles. The highest BCUT2D eigenvalue weighted by molar-refractivity contribution is 5.70. The molecule has 0 saturated carbocycles. The fraction of sp³-hybridized carbons (Fsp3) is 0.721. The van der Waals surface area contributed by atoms with Crippen molar-refractivity contribution in [1.82, 2.24) is 0 Å². The summed E-state index contributed by atoms with van der Waals surface area (Å²) in [5.41, 5.74) is 0. The van der Waals surface area contributed by atoms with Gasteiger partial charge in [-0.15, -0.1) is 0 Å². The molecule has 2 unspecified atom stereocenters. The first-order valence-electron chi connectivity index (χ1n) is 31.4. The summed E-state index contributed by atoms with van der Waals surface area (Å²) in [6.45, 7) is 4.62. The predicted octanol–water partition coefficient (Wildman–Crippen LogP) is 17.6. The van der Waals surface area contributed by atoms with Gasteiger partial charge in [0.05, 0.1) is 40.3 Å². The van der Waals surface area contributed by atoms with E-state index in [1.165, 1.54) is 135 Å². The quantitative estimate of drug-likeness (QED) is 0.0195. The lowest BCUT2D eigenvalue weighted by Crippen LogP contribution is -2.44. The third kappa shape index (κ3) is 59.7. The van der Waals surface area contributed by atoms with Crippen molar-refractivity contribution in [3.63, 3.8) is 0 Å². The number of aliphatic carboxylic acids is 1. The molecule has 0 rings (SSSR count). The highest BCUT2D eigenvalue weighted by atomic mass is 16.7. The van der Waals surface area contributed by atoms with Gasteiger partial charge in [-0.05, 0) is 96.3 Å². The van der Waals surface area contributed by atoms with Crippen LogP contribution < -0.4 is 5.11 Å². The summed E-state index contributed by atoms with van der Waals surface area (Å²) in [7, 11) is 5.92. The monoisotopic (exact) mass is 1080 g/mol. The van der Waals surface area contributed by atoms with Crippen molar-refractivity contribution < 1.29 is 42.9 Å². The molecule has 442 valence electrons. The van der Waals surface area contributed by atoms with Crippen molar-refractivity contribution in [3.05, 3.63) is 97.2 Å². The van der Waals surface area contributed by atoms with E-state index in [2.05, 4.69) is 111 Å². The first kappa shape index (κ1) is 73.2. The molecule has 0 bridgehead atoms. The van der Waals surface area contributed by atoms with Crippen LogP contribution >= 0.6 is 0 Å². The SMILES string of the molecule is CC/C=C\C/C=C\C/C=C\C/C=C\C/C=C\CCCCCCCCCCCCCC(=O)OC(COC(=O)CCCCCCCCCCCC/C=C\C/C=C\C/C=C\CCCCCCC)COC(OCC[N+](C)(C)C)C(=O)[O-]. The van der Waals surface area contributed by atoms with Gasteiger partial charge in [0.1, 0.15) is 13.2 Å². The number of quaternary nitrogens is 1. The number of carbonyl (C=O) groups is 3. The van der Waals surface area contributed by atoms with Gasteiger partial charge in [0.15, 0.2) is 12.4 Å². The predicted molar refractivity (Wildman–Crippen MR) is 324 cm³/mol. The van der Waals surface area contributed by atoms with Crippen LogP contribution in [0.15, 0.2) is 97.2 Å². The summed E-state index contributed by atoms with van der Waals surface area (Å²) < 4.78 is 22.7. The lowest BCUT2D eigenvalue weighted by Gasteiger charge is -2.26. The van der Waals surface area contributed by atoms with E-state index in [-0.39, 0.29) is 38.6 Å². The van der Waals surface area contributed by atoms with E-state index in [4.69, 9.17) is 18.9 Å². The van der Waals surface area contributed by atoms with Crippen molar-refractivity contribution in [2.45, 2.75) is 270 Å². The van der Waals surface area contributed by atoms with Gasteiger partial charge in [-0.1, -0.05) is 246 Å². The highest BCUT2D eigenvalue weighted by Gasteiger charge is 2.22. The fourth-order valence-electron chi connectivity index (χ4n) is 8.51. The van der Waals surface area contributed by atoms with Crippen molar-refractivity contribution in [3.8, 4) is 0 Å². The third-order valence-electron chi connectivity index (χ3n) is 13.3. The molecular formula is C68H117NO8. The number of ether oxygens (including phenoxy) is 4. The molecule has 77 heavy (non-hydrogen) atoms. The topological polar surface area (TPSA) is 111 Å². The normalized spacial score (nSPS) is 13.4. The summed E-state index contributed by atoms with van der Waals surface area (Å²) in [6, 6.07) is 0. The third-order valence-corrected chi connectivity index (χ3v) is 13.3. The van der Waals surface area contributed by atoms with Crippen LogP contribution in [0.2, 0.25) is 0 Å². The Morgan fingerprint density at radius 3 is 1.10 bits per heavy atom. The molecule has 0 aliphatic carbocycles. The van der Waals surface area contributed by atoms with Crippen LogP contribution in [0.25, 0.3) is 0 Å². The molecule has 0 aromatic carbocycles. The van der Waals surface area contributed by atoms with E-state index >= 15 is 0 Å². The van der Waals surface area contributed by atoms with Gasteiger partial charge in [-0.3, -0.25) is 9.59 Å². The number of hydrogen-bond donors (Lipinski definition) is 0. The maximum absolute atomic E-state index is 12.9. The van der Waals surface area contributed by atoms with Crippen molar-refractivity contribution in [2.24, 2.45) is 0 Å². The molecule has 0 aliphatic rings. The molecule has 0 aromatic heterocycles. The van der Waals surface area contributed by atoms with E-state index in [0.29, 0.717) is 17.4 Å². The molecule has 0 N–H and O–H groups in total. The Balaban J connectivity index is 4.23. The van der Waals surface area contributed by atoms with E-state index in [9.17, 15) is 19.5 Å². The summed E-state index contributed by atoms with van der Waals surface area (Å²) in [4.78, 5) is 37.4. The Hall–Kier alpha value is -3.79. The number of carboxylic acid groups (broad SMARTS) is 1. The van der Waals surface area contributed by atoms with Crippen molar-refractivity contribution in [1.29, 1.82) is 0 Å². The van der Waals surface area contributed by atoms with Crippen LogP contribution in [0.5, 0.6) is 0 Å². The van der Waals surface area contributed by atoms with Crippen molar-refractivity contribution >= 4 is 17.9 Å². The number of allylic oxidation sites excluding steroid dienone is 16. The van der Waals surface area contributed by atoms with Gasteiger partial charge in [0.2, 0.25) is 0 Å². The molecule has 0 fully saturated rings. The molecule has 0 aromatic rings. The molecule has 9 nitrogen and oxygen atoms in total. The van der Waals surface area contributed by atoms with Crippen LogP contribution in [-0.2, 0) is 33.3 Å². The van der Waals surface area contributed by atoms with Gasteiger partial charge in [0, 0.05) is 12.8 Å². The molecular weight excluding hydrogens is 959 g/mol. The van der Waals surface area contributed by atoms with Gasteiger partial charge in [-0.2, -0.15) is 0 Å². The zero-order chi connectivity index (χ0) is 56.2. The smallest absolute Gasteiger partial charge is 0.306 e. The molecule has 0 radical (unpaired) electrons. The second-order valence-corrected chi connectivity index (χ2v) is 22.0. The zero-order valence-electron chi connectivity index (χ0n) is 50.3. The van der Waals surface area contributed by atoms with E-state index in [0.717, 1.165) is 89.9 Å². The number of hydrogen-bond acceptors (Lipinski definition) is 8. The maximum atomic E-state index is 12.9. The summed E-state index contributed by atoms with van der Waals surface area (Å²) in [5.74, 6) is -2.29. The number of carbonyl (C=O) groups excluding carboxylic acids is 3. The zero-order valence-corrected chi connectivity index (χ0v) is 50.3. The van der Waals surface area contributed by atoms with Crippen LogP contribution in [-0.4, -0.2) is 82.3 Å². The number of nitrogens with zero attached hydrogens (tertiary/aromatic N) is 1. The summed E-state index contributed by atoms with van der Waals surface area (Å²) in [6.07, 6.45) is 76.0. The summed E-state index contributed by atoms with van der Waals surface area (Å²) >= 11 is 0. The van der Waals surface area contributed by atoms with Crippen LogP contribution in [0.1, 0.15) is 258 Å². The standard InChI is InChI=1S/C68H117NO8/c1-6-8-10-12-14-16-18-20-22-24-26-28-30-32-33-35-37-39-41-43-45-47-49-51-53-55-57-59-66(71)77-64(63-76-68(67(72)73)74-61-60-69(3,4)5)62-75-65(70)58-56-54-52-50-48-46-44-42-40-38-36-34-31-29-27-25-23-21-19-17-15-13-11-9-7-2/h8,10,14,16,19-22,25-28,31-34,64,68H,6-7,9,11-13,15,17-18,23-24,29-30,35-63H2,1-5H3/b10-8-,16-14-,21-19-,22-20-,27-25-,28-26-,33-32-,34-31-. The minimum Gasteiger partial charge on any atom is -0.545 e. The van der Waals surface area contributed by atoms with Gasteiger partial charge < -0.3 is 33.3 Å². The number of esters is 2. The molecule has 0 heterocycles. The fourth-order valence-corrected chi connectivity index (χ4v) is 8.51. The van der Waals surface area contributed by atoms with Gasteiger partial charge in [0.25, 0.3) is 0 Å². The Kier molecular flexibility index (Phi) is 55.5. The van der Waals surface area contributed by atoms with Crippen LogP contribution in [0.4, 0.5) is 0 Å². The lowest BCUT2D eigenvalue weighted by molar-refractivity contribution is -0.870. The van der Waals surface area contributed by atoms with Crippen LogP contribution in [0, 0.1) is 0 Å². The largest absolute Gasteiger partial charge is 0.545 e. The van der Waals surface area contributed by atoms with Gasteiger partial charge in [-0.25, -0.2) is 0 Å².